The van der Waals surface area contributed by atoms with Crippen molar-refractivity contribution in [2.24, 2.45) is 0 Å². The molecule has 0 aliphatic carbocycles. The van der Waals surface area contributed by atoms with E-state index in [4.69, 9.17) is 16.3 Å². The van der Waals surface area contributed by atoms with Crippen LogP contribution >= 0.6 is 23.4 Å². The lowest BCUT2D eigenvalue weighted by atomic mass is 10.1. The molecule has 20 heavy (non-hydrogen) atoms. The number of aliphatic hydroxyl groups is 1. The van der Waals surface area contributed by atoms with E-state index in [1.807, 2.05) is 13.2 Å². The summed E-state index contributed by atoms with van der Waals surface area (Å²) in [6.07, 6.45) is 2.10. The zero-order valence-corrected chi connectivity index (χ0v) is 13.4. The Bertz CT molecular complexity index is 452. The summed E-state index contributed by atoms with van der Waals surface area (Å²) in [6.45, 7) is 1.91. The summed E-state index contributed by atoms with van der Waals surface area (Å²) in [4.78, 5) is 12.0. The molecule has 0 radical (unpaired) electrons. The number of carbonyl (C=O) groups excluding carboxylic acids is 1. The van der Waals surface area contributed by atoms with Crippen molar-refractivity contribution in [2.45, 2.75) is 24.6 Å². The molecule has 0 bridgehead atoms. The first-order chi connectivity index (χ1) is 9.51. The second-order valence-corrected chi connectivity index (χ2v) is 5.96. The SMILES string of the molecule is COc1ccc(Cl)cc1CC(=O)NC(C)C(CO)SC. The molecule has 1 rings (SSSR count). The molecule has 1 amide bonds. The number of rotatable bonds is 7. The van der Waals surface area contributed by atoms with E-state index in [0.717, 1.165) is 5.56 Å². The molecule has 2 atom stereocenters. The number of carbonyl (C=O) groups is 1. The van der Waals surface area contributed by atoms with Crippen LogP contribution in [-0.2, 0) is 11.2 Å². The van der Waals surface area contributed by atoms with Crippen molar-refractivity contribution in [1.29, 1.82) is 0 Å². The Morgan fingerprint density at radius 1 is 1.55 bits per heavy atom. The topological polar surface area (TPSA) is 58.6 Å². The van der Waals surface area contributed by atoms with Gasteiger partial charge in [0, 0.05) is 21.9 Å². The third-order valence-corrected chi connectivity index (χ3v) is 4.42. The van der Waals surface area contributed by atoms with Gasteiger partial charge in [0.05, 0.1) is 20.1 Å². The summed E-state index contributed by atoms with van der Waals surface area (Å²) in [5.41, 5.74) is 0.745. The Labute approximate surface area is 128 Å². The minimum Gasteiger partial charge on any atom is -0.496 e. The maximum atomic E-state index is 12.0. The van der Waals surface area contributed by atoms with Crippen LogP contribution in [0, 0.1) is 0 Å². The van der Waals surface area contributed by atoms with Crippen molar-refractivity contribution in [3.8, 4) is 5.75 Å². The molecular formula is C14H20ClNO3S. The maximum Gasteiger partial charge on any atom is 0.224 e. The van der Waals surface area contributed by atoms with Crippen LogP contribution in [0.25, 0.3) is 0 Å². The molecule has 0 aliphatic heterocycles. The van der Waals surface area contributed by atoms with Crippen molar-refractivity contribution in [2.75, 3.05) is 20.0 Å². The molecule has 0 saturated carbocycles. The average Bonchev–Trinajstić information content (AvgIpc) is 2.40. The number of ether oxygens (including phenoxy) is 1. The van der Waals surface area contributed by atoms with E-state index in [9.17, 15) is 9.90 Å². The summed E-state index contributed by atoms with van der Waals surface area (Å²) < 4.78 is 5.21. The first-order valence-corrected chi connectivity index (χ1v) is 7.93. The van der Waals surface area contributed by atoms with Gasteiger partial charge in [-0.05, 0) is 31.4 Å². The third kappa shape index (κ3) is 4.89. The third-order valence-electron chi connectivity index (χ3n) is 3.02. The minimum atomic E-state index is -0.120. The molecule has 112 valence electrons. The largest absolute Gasteiger partial charge is 0.496 e. The van der Waals surface area contributed by atoms with E-state index in [0.29, 0.717) is 10.8 Å². The Morgan fingerprint density at radius 2 is 2.25 bits per heavy atom. The van der Waals surface area contributed by atoms with Crippen molar-refractivity contribution in [3.05, 3.63) is 28.8 Å². The summed E-state index contributed by atoms with van der Waals surface area (Å²) in [6, 6.07) is 5.09. The van der Waals surface area contributed by atoms with Crippen LogP contribution in [0.5, 0.6) is 5.75 Å². The maximum absolute atomic E-state index is 12.0. The highest BCUT2D eigenvalue weighted by atomic mass is 35.5. The highest BCUT2D eigenvalue weighted by Crippen LogP contribution is 2.23. The van der Waals surface area contributed by atoms with Crippen LogP contribution in [0.1, 0.15) is 12.5 Å². The summed E-state index contributed by atoms with van der Waals surface area (Å²) in [5.74, 6) is 0.520. The number of nitrogens with one attached hydrogen (secondary N) is 1. The smallest absolute Gasteiger partial charge is 0.224 e. The average molecular weight is 318 g/mol. The Kier molecular flexibility index (Phi) is 7.19. The van der Waals surface area contributed by atoms with Crippen LogP contribution in [-0.4, -0.2) is 42.3 Å². The van der Waals surface area contributed by atoms with Crippen LogP contribution in [0.4, 0.5) is 0 Å². The molecule has 0 fully saturated rings. The molecule has 2 N–H and O–H groups in total. The molecular weight excluding hydrogens is 298 g/mol. The number of benzene rings is 1. The fraction of sp³-hybridized carbons (Fsp3) is 0.500. The predicted octanol–water partition coefficient (Wildman–Crippen LogP) is 2.12. The molecule has 6 heteroatoms. The van der Waals surface area contributed by atoms with Gasteiger partial charge in [-0.2, -0.15) is 11.8 Å². The van der Waals surface area contributed by atoms with Crippen LogP contribution in [0.2, 0.25) is 5.02 Å². The van der Waals surface area contributed by atoms with E-state index >= 15 is 0 Å². The van der Waals surface area contributed by atoms with Crippen molar-refractivity contribution >= 4 is 29.3 Å². The van der Waals surface area contributed by atoms with E-state index in [1.165, 1.54) is 11.8 Å². The van der Waals surface area contributed by atoms with Gasteiger partial charge in [0.2, 0.25) is 5.91 Å². The van der Waals surface area contributed by atoms with E-state index < -0.39 is 0 Å². The molecule has 0 aromatic heterocycles. The zero-order valence-electron chi connectivity index (χ0n) is 11.9. The Morgan fingerprint density at radius 3 is 2.80 bits per heavy atom. The predicted molar refractivity (Wildman–Crippen MR) is 83.7 cm³/mol. The summed E-state index contributed by atoms with van der Waals surface area (Å²) in [7, 11) is 1.56. The van der Waals surface area contributed by atoms with Gasteiger partial charge in [-0.25, -0.2) is 0 Å². The number of hydrogen-bond acceptors (Lipinski definition) is 4. The van der Waals surface area contributed by atoms with Crippen molar-refractivity contribution < 1.29 is 14.6 Å². The number of halogens is 1. The van der Waals surface area contributed by atoms with Gasteiger partial charge in [-0.1, -0.05) is 11.6 Å². The van der Waals surface area contributed by atoms with Gasteiger partial charge in [0.1, 0.15) is 5.75 Å². The monoisotopic (exact) mass is 317 g/mol. The second kappa shape index (κ2) is 8.39. The summed E-state index contributed by atoms with van der Waals surface area (Å²) in [5, 5.41) is 12.6. The van der Waals surface area contributed by atoms with Gasteiger partial charge in [-0.15, -0.1) is 0 Å². The quantitative estimate of drug-likeness (QED) is 0.809. The highest BCUT2D eigenvalue weighted by molar-refractivity contribution is 7.99. The molecule has 0 saturated heterocycles. The van der Waals surface area contributed by atoms with Gasteiger partial charge < -0.3 is 15.2 Å². The van der Waals surface area contributed by atoms with Crippen molar-refractivity contribution in [3.63, 3.8) is 0 Å². The second-order valence-electron chi connectivity index (χ2n) is 4.45. The van der Waals surface area contributed by atoms with Gasteiger partial charge in [-0.3, -0.25) is 4.79 Å². The summed E-state index contributed by atoms with van der Waals surface area (Å²) >= 11 is 7.46. The van der Waals surface area contributed by atoms with Crippen LogP contribution in [0.3, 0.4) is 0 Å². The molecule has 1 aromatic carbocycles. The number of thioether (sulfide) groups is 1. The van der Waals surface area contributed by atoms with Crippen molar-refractivity contribution in [1.82, 2.24) is 5.32 Å². The van der Waals surface area contributed by atoms with Crippen LogP contribution < -0.4 is 10.1 Å². The number of aliphatic hydroxyl groups excluding tert-OH is 1. The first-order valence-electron chi connectivity index (χ1n) is 6.27. The Hall–Kier alpha value is -0.910. The normalized spacial score (nSPS) is 13.7. The highest BCUT2D eigenvalue weighted by Gasteiger charge is 2.18. The molecule has 0 heterocycles. The zero-order chi connectivity index (χ0) is 15.1. The van der Waals surface area contributed by atoms with E-state index in [1.54, 1.807) is 25.3 Å². The van der Waals surface area contributed by atoms with Gasteiger partial charge in [0.15, 0.2) is 0 Å². The molecule has 0 aliphatic rings. The van der Waals surface area contributed by atoms with E-state index in [2.05, 4.69) is 5.32 Å². The number of methoxy groups -OCH3 is 1. The number of amides is 1. The molecule has 1 aromatic rings. The standard InChI is InChI=1S/C14H20ClNO3S/c1-9(13(8-17)20-3)16-14(18)7-10-6-11(15)4-5-12(10)19-2/h4-6,9,13,17H,7-8H2,1-3H3,(H,16,18). The fourth-order valence-electron chi connectivity index (χ4n) is 1.89. The number of hydrogen-bond donors (Lipinski definition) is 2. The van der Waals surface area contributed by atoms with Crippen LogP contribution in [0.15, 0.2) is 18.2 Å². The molecule has 0 spiro atoms. The minimum absolute atomic E-state index is 0.0137. The lowest BCUT2D eigenvalue weighted by Crippen LogP contribution is -2.41. The van der Waals surface area contributed by atoms with Gasteiger partial charge >= 0.3 is 0 Å². The lowest BCUT2D eigenvalue weighted by Gasteiger charge is -2.21. The molecule has 2 unspecified atom stereocenters. The lowest BCUT2D eigenvalue weighted by molar-refractivity contribution is -0.121. The first kappa shape index (κ1) is 17.1. The molecule has 4 nitrogen and oxygen atoms in total. The Balaban J connectivity index is 2.69. The van der Waals surface area contributed by atoms with Gasteiger partial charge in [0.25, 0.3) is 0 Å². The fourth-order valence-corrected chi connectivity index (χ4v) is 2.71. The van der Waals surface area contributed by atoms with E-state index in [-0.39, 0.29) is 30.2 Å².